The maximum absolute atomic E-state index is 12.8. The molecule has 26 heavy (non-hydrogen) atoms. The molecule has 1 unspecified atom stereocenters. The van der Waals surface area contributed by atoms with Crippen molar-refractivity contribution in [2.45, 2.75) is 58.2 Å². The molecule has 0 saturated heterocycles. The van der Waals surface area contributed by atoms with Crippen molar-refractivity contribution < 1.29 is 4.79 Å². The third kappa shape index (κ3) is 2.95. The second-order valence-electron chi connectivity index (χ2n) is 7.01. The molecule has 2 aromatic heterocycles. The summed E-state index contributed by atoms with van der Waals surface area (Å²) in [4.78, 5) is 17.5. The Balaban J connectivity index is 1.55. The molecule has 0 radical (unpaired) electrons. The number of imidazole rings is 1. The average Bonchev–Trinajstić information content (AvgIpc) is 3.18. The minimum atomic E-state index is -0.302. The standard InChI is InChI=1S/C18H23N7O/c1-12(2)25-15-9-4-3-8-14(15)20-16(25)11-19-18(26)13-7-5-6-10-24-17(13)21-22-23-24/h3-4,8-9,12-13H,5-7,10-11H2,1-2H3,(H,19,26). The number of benzene rings is 1. The highest BCUT2D eigenvalue weighted by molar-refractivity contribution is 5.83. The highest BCUT2D eigenvalue weighted by atomic mass is 16.1. The lowest BCUT2D eigenvalue weighted by molar-refractivity contribution is -0.123. The Kier molecular flexibility index (Phi) is 4.40. The summed E-state index contributed by atoms with van der Waals surface area (Å²) in [5.41, 5.74) is 2.04. The van der Waals surface area contributed by atoms with Crippen LogP contribution in [0.4, 0.5) is 0 Å². The van der Waals surface area contributed by atoms with E-state index in [1.54, 1.807) is 4.68 Å². The summed E-state index contributed by atoms with van der Waals surface area (Å²) in [5, 5.41) is 14.8. The summed E-state index contributed by atoms with van der Waals surface area (Å²) in [7, 11) is 0. The zero-order chi connectivity index (χ0) is 18.1. The van der Waals surface area contributed by atoms with Gasteiger partial charge in [-0.3, -0.25) is 4.79 Å². The van der Waals surface area contributed by atoms with Crippen LogP contribution in [0.5, 0.6) is 0 Å². The summed E-state index contributed by atoms with van der Waals surface area (Å²) in [6, 6.07) is 8.32. The Morgan fingerprint density at radius 1 is 1.31 bits per heavy atom. The lowest BCUT2D eigenvalue weighted by Gasteiger charge is -2.16. The van der Waals surface area contributed by atoms with Crippen LogP contribution in [-0.2, 0) is 17.9 Å². The van der Waals surface area contributed by atoms with Crippen molar-refractivity contribution in [1.82, 2.24) is 35.1 Å². The fourth-order valence-corrected chi connectivity index (χ4v) is 3.69. The van der Waals surface area contributed by atoms with E-state index in [0.717, 1.165) is 42.7 Å². The molecule has 3 aromatic rings. The Bertz CT molecular complexity index is 927. The fourth-order valence-electron chi connectivity index (χ4n) is 3.69. The van der Waals surface area contributed by atoms with Gasteiger partial charge in [0.05, 0.1) is 23.5 Å². The van der Waals surface area contributed by atoms with Gasteiger partial charge in [0, 0.05) is 12.6 Å². The molecule has 0 bridgehead atoms. The van der Waals surface area contributed by atoms with Gasteiger partial charge in [0.2, 0.25) is 5.91 Å². The number of nitrogens with one attached hydrogen (secondary N) is 1. The van der Waals surface area contributed by atoms with Gasteiger partial charge < -0.3 is 9.88 Å². The van der Waals surface area contributed by atoms with Crippen molar-refractivity contribution in [3.8, 4) is 0 Å². The van der Waals surface area contributed by atoms with Crippen molar-refractivity contribution in [2.75, 3.05) is 0 Å². The van der Waals surface area contributed by atoms with Gasteiger partial charge >= 0.3 is 0 Å². The molecule has 0 fully saturated rings. The van der Waals surface area contributed by atoms with E-state index in [-0.39, 0.29) is 17.9 Å². The molecule has 1 N–H and O–H groups in total. The number of amides is 1. The monoisotopic (exact) mass is 353 g/mol. The summed E-state index contributed by atoms with van der Waals surface area (Å²) in [6.07, 6.45) is 2.74. The van der Waals surface area contributed by atoms with E-state index in [9.17, 15) is 4.79 Å². The predicted octanol–water partition coefficient (Wildman–Crippen LogP) is 2.19. The molecule has 1 atom stereocenters. The van der Waals surface area contributed by atoms with E-state index in [2.05, 4.69) is 45.3 Å². The first-order valence-electron chi connectivity index (χ1n) is 9.14. The predicted molar refractivity (Wildman–Crippen MR) is 96.4 cm³/mol. The first-order valence-corrected chi connectivity index (χ1v) is 9.14. The molecule has 0 aliphatic carbocycles. The normalized spacial score (nSPS) is 17.3. The Hall–Kier alpha value is -2.77. The van der Waals surface area contributed by atoms with E-state index in [0.29, 0.717) is 12.4 Å². The Morgan fingerprint density at radius 2 is 2.15 bits per heavy atom. The van der Waals surface area contributed by atoms with Crippen LogP contribution >= 0.6 is 0 Å². The average molecular weight is 353 g/mol. The second kappa shape index (κ2) is 6.86. The second-order valence-corrected chi connectivity index (χ2v) is 7.01. The molecule has 1 aliphatic heterocycles. The lowest BCUT2D eigenvalue weighted by atomic mass is 10.0. The maximum Gasteiger partial charge on any atom is 0.231 e. The van der Waals surface area contributed by atoms with E-state index in [1.165, 1.54) is 0 Å². The van der Waals surface area contributed by atoms with Gasteiger partial charge in [-0.25, -0.2) is 9.67 Å². The summed E-state index contributed by atoms with van der Waals surface area (Å²) >= 11 is 0. The van der Waals surface area contributed by atoms with Crippen LogP contribution in [0.3, 0.4) is 0 Å². The van der Waals surface area contributed by atoms with Crippen LogP contribution in [0.1, 0.15) is 56.7 Å². The number of fused-ring (bicyclic) bond motifs is 2. The van der Waals surface area contributed by atoms with Crippen LogP contribution < -0.4 is 5.32 Å². The number of para-hydroxylation sites is 2. The van der Waals surface area contributed by atoms with Gasteiger partial charge in [-0.15, -0.1) is 5.10 Å². The zero-order valence-corrected chi connectivity index (χ0v) is 15.1. The Labute approximate surface area is 151 Å². The first kappa shape index (κ1) is 16.7. The number of carbonyl (C=O) groups excluding carboxylic acids is 1. The molecule has 8 heteroatoms. The number of hydrogen-bond acceptors (Lipinski definition) is 5. The largest absolute Gasteiger partial charge is 0.348 e. The fraction of sp³-hybridized carbons (Fsp3) is 0.500. The lowest BCUT2D eigenvalue weighted by Crippen LogP contribution is -2.31. The number of tetrazole rings is 1. The van der Waals surface area contributed by atoms with Crippen LogP contribution in [0.2, 0.25) is 0 Å². The number of aromatic nitrogens is 6. The molecule has 0 spiro atoms. The maximum atomic E-state index is 12.8. The zero-order valence-electron chi connectivity index (χ0n) is 15.1. The highest BCUT2D eigenvalue weighted by Crippen LogP contribution is 2.25. The molecule has 1 aliphatic rings. The highest BCUT2D eigenvalue weighted by Gasteiger charge is 2.28. The van der Waals surface area contributed by atoms with Crippen LogP contribution in [0.15, 0.2) is 24.3 Å². The molecule has 4 rings (SSSR count). The van der Waals surface area contributed by atoms with Crippen molar-refractivity contribution in [3.63, 3.8) is 0 Å². The van der Waals surface area contributed by atoms with Crippen molar-refractivity contribution in [1.29, 1.82) is 0 Å². The van der Waals surface area contributed by atoms with Crippen molar-refractivity contribution >= 4 is 16.9 Å². The minimum Gasteiger partial charge on any atom is -0.348 e. The van der Waals surface area contributed by atoms with Crippen molar-refractivity contribution in [3.05, 3.63) is 35.9 Å². The molecule has 0 saturated carbocycles. The van der Waals surface area contributed by atoms with E-state index in [1.807, 2.05) is 18.2 Å². The molecule has 8 nitrogen and oxygen atoms in total. The number of aryl methyl sites for hydroxylation is 1. The first-order chi connectivity index (χ1) is 12.6. The SMILES string of the molecule is CC(C)n1c(CNC(=O)C2CCCCn3nnnc32)nc2ccccc21. The number of rotatable bonds is 4. The van der Waals surface area contributed by atoms with Gasteiger partial charge in [0.25, 0.3) is 0 Å². The van der Waals surface area contributed by atoms with E-state index in [4.69, 9.17) is 4.98 Å². The summed E-state index contributed by atoms with van der Waals surface area (Å²) in [5.74, 6) is 1.19. The molecule has 1 aromatic carbocycles. The topological polar surface area (TPSA) is 90.5 Å². The molecular formula is C18H23N7O. The van der Waals surface area contributed by atoms with Gasteiger partial charge in [-0.1, -0.05) is 18.6 Å². The van der Waals surface area contributed by atoms with Crippen LogP contribution in [0, 0.1) is 0 Å². The van der Waals surface area contributed by atoms with Crippen molar-refractivity contribution in [2.24, 2.45) is 0 Å². The van der Waals surface area contributed by atoms with Crippen LogP contribution in [-0.4, -0.2) is 35.7 Å². The molecular weight excluding hydrogens is 330 g/mol. The quantitative estimate of drug-likeness (QED) is 0.776. The van der Waals surface area contributed by atoms with Gasteiger partial charge in [0.15, 0.2) is 5.82 Å². The van der Waals surface area contributed by atoms with Gasteiger partial charge in [-0.2, -0.15) is 0 Å². The minimum absolute atomic E-state index is 0.0367. The van der Waals surface area contributed by atoms with E-state index >= 15 is 0 Å². The third-order valence-corrected chi connectivity index (χ3v) is 4.91. The number of carbonyl (C=O) groups is 1. The number of nitrogens with zero attached hydrogens (tertiary/aromatic N) is 6. The molecule has 136 valence electrons. The molecule has 3 heterocycles. The number of hydrogen-bond donors (Lipinski definition) is 1. The third-order valence-electron chi connectivity index (χ3n) is 4.91. The smallest absolute Gasteiger partial charge is 0.231 e. The molecule has 1 amide bonds. The van der Waals surface area contributed by atoms with Gasteiger partial charge in [0.1, 0.15) is 5.82 Å². The summed E-state index contributed by atoms with van der Waals surface area (Å²) < 4.78 is 3.92. The Morgan fingerprint density at radius 3 is 3.00 bits per heavy atom. The van der Waals surface area contributed by atoms with Crippen LogP contribution in [0.25, 0.3) is 11.0 Å². The van der Waals surface area contributed by atoms with E-state index < -0.39 is 0 Å². The van der Waals surface area contributed by atoms with Gasteiger partial charge in [-0.05, 0) is 49.2 Å². The summed E-state index contributed by atoms with van der Waals surface area (Å²) in [6.45, 7) is 5.41.